The molecule has 1 aliphatic heterocycles. The van der Waals surface area contributed by atoms with Gasteiger partial charge in [-0.25, -0.2) is 0 Å². The number of aliphatic hydroxyl groups excluding tert-OH is 1. The fourth-order valence-corrected chi connectivity index (χ4v) is 1.03. The van der Waals surface area contributed by atoms with E-state index in [0.29, 0.717) is 0 Å². The van der Waals surface area contributed by atoms with Crippen LogP contribution >= 0.6 is 0 Å². The van der Waals surface area contributed by atoms with Gasteiger partial charge in [0.25, 0.3) is 6.48 Å². The molecule has 0 unspecified atom stereocenters. The van der Waals surface area contributed by atoms with E-state index < -0.39 is 18.7 Å². The Hall–Kier alpha value is -0.200. The first-order valence-electron chi connectivity index (χ1n) is 4.65. The molecular formula is C9H18O5. The second-order valence-corrected chi connectivity index (χ2v) is 4.36. The smallest absolute Gasteiger partial charge is 0.272 e. The lowest BCUT2D eigenvalue weighted by molar-refractivity contribution is -0.358. The average molecular weight is 206 g/mol. The van der Waals surface area contributed by atoms with Crippen LogP contribution in [0.2, 0.25) is 0 Å². The minimum atomic E-state index is -1.40. The van der Waals surface area contributed by atoms with Gasteiger partial charge in [0, 0.05) is 0 Å². The minimum Gasteiger partial charge on any atom is -0.368 e. The molecule has 1 rings (SSSR count). The van der Waals surface area contributed by atoms with E-state index in [9.17, 15) is 0 Å². The predicted octanol–water partition coefficient (Wildman–Crippen LogP) is 0.0588. The summed E-state index contributed by atoms with van der Waals surface area (Å²) in [6.45, 7) is 5.45. The summed E-state index contributed by atoms with van der Waals surface area (Å²) in [4.78, 5) is 0. The second kappa shape index (κ2) is 4.55. The Morgan fingerprint density at radius 1 is 1.21 bits per heavy atom. The minimum absolute atomic E-state index is 0.235. The van der Waals surface area contributed by atoms with E-state index in [4.69, 9.17) is 24.4 Å². The highest BCUT2D eigenvalue weighted by molar-refractivity contribution is 4.64. The van der Waals surface area contributed by atoms with E-state index in [1.54, 1.807) is 0 Å². The molecule has 0 aliphatic carbocycles. The Bertz CT molecular complexity index is 167. The monoisotopic (exact) mass is 206 g/mol. The summed E-state index contributed by atoms with van der Waals surface area (Å²) >= 11 is 0. The standard InChI is InChI=1S/C9H18O5/c1-9(2,3)14-8-12-4-6(5-13-8)7(10)11/h6-8,10-11H,4-5H2,1-3H3. The lowest BCUT2D eigenvalue weighted by Crippen LogP contribution is -2.42. The van der Waals surface area contributed by atoms with Gasteiger partial charge in [-0.15, -0.1) is 0 Å². The zero-order chi connectivity index (χ0) is 10.8. The van der Waals surface area contributed by atoms with Crippen LogP contribution in [0.25, 0.3) is 0 Å². The van der Waals surface area contributed by atoms with Gasteiger partial charge < -0.3 is 24.4 Å². The number of aliphatic hydroxyl groups is 2. The molecule has 2 N–H and O–H groups in total. The Morgan fingerprint density at radius 2 is 1.71 bits per heavy atom. The van der Waals surface area contributed by atoms with Crippen LogP contribution in [0.15, 0.2) is 0 Å². The summed E-state index contributed by atoms with van der Waals surface area (Å²) in [5, 5.41) is 17.7. The van der Waals surface area contributed by atoms with Crippen molar-refractivity contribution in [2.45, 2.75) is 39.1 Å². The highest BCUT2D eigenvalue weighted by Gasteiger charge is 2.29. The lowest BCUT2D eigenvalue weighted by Gasteiger charge is -2.33. The van der Waals surface area contributed by atoms with Gasteiger partial charge in [0.15, 0.2) is 6.29 Å². The van der Waals surface area contributed by atoms with Crippen molar-refractivity contribution in [1.29, 1.82) is 0 Å². The van der Waals surface area contributed by atoms with Crippen molar-refractivity contribution in [3.8, 4) is 0 Å². The lowest BCUT2D eigenvalue weighted by atomic mass is 10.1. The quantitative estimate of drug-likeness (QED) is 0.625. The van der Waals surface area contributed by atoms with Crippen LogP contribution in [0.3, 0.4) is 0 Å². The van der Waals surface area contributed by atoms with Crippen LogP contribution in [0, 0.1) is 5.92 Å². The molecule has 0 aromatic carbocycles. The summed E-state index contributed by atoms with van der Waals surface area (Å²) in [6.07, 6.45) is -1.40. The van der Waals surface area contributed by atoms with Crippen molar-refractivity contribution in [1.82, 2.24) is 0 Å². The first kappa shape index (κ1) is 11.9. The Morgan fingerprint density at radius 3 is 2.07 bits per heavy atom. The zero-order valence-electron chi connectivity index (χ0n) is 8.77. The molecule has 5 heteroatoms. The molecular weight excluding hydrogens is 188 g/mol. The van der Waals surface area contributed by atoms with Crippen LogP contribution in [0.5, 0.6) is 0 Å². The van der Waals surface area contributed by atoms with Crippen molar-refractivity contribution in [2.75, 3.05) is 13.2 Å². The fraction of sp³-hybridized carbons (Fsp3) is 1.00. The fourth-order valence-electron chi connectivity index (χ4n) is 1.03. The maximum absolute atomic E-state index is 8.85. The second-order valence-electron chi connectivity index (χ2n) is 4.36. The normalized spacial score (nSPS) is 29.6. The molecule has 1 aliphatic rings. The van der Waals surface area contributed by atoms with Crippen molar-refractivity contribution in [2.24, 2.45) is 5.92 Å². The van der Waals surface area contributed by atoms with E-state index in [1.165, 1.54) is 0 Å². The maximum Gasteiger partial charge on any atom is 0.272 e. The molecule has 1 saturated heterocycles. The third kappa shape index (κ3) is 3.89. The number of hydrogen-bond acceptors (Lipinski definition) is 5. The molecule has 5 nitrogen and oxygen atoms in total. The molecule has 1 heterocycles. The van der Waals surface area contributed by atoms with Gasteiger partial charge in [-0.1, -0.05) is 0 Å². The molecule has 1 fully saturated rings. The molecule has 0 radical (unpaired) electrons. The van der Waals surface area contributed by atoms with Gasteiger partial charge in [-0.05, 0) is 20.8 Å². The van der Waals surface area contributed by atoms with Crippen molar-refractivity contribution in [3.05, 3.63) is 0 Å². The van der Waals surface area contributed by atoms with Crippen molar-refractivity contribution in [3.63, 3.8) is 0 Å². The molecule has 14 heavy (non-hydrogen) atoms. The van der Waals surface area contributed by atoms with Crippen LogP contribution in [0.1, 0.15) is 20.8 Å². The Labute approximate surface area is 83.6 Å². The summed E-state index contributed by atoms with van der Waals surface area (Å²) in [5.41, 5.74) is -0.338. The summed E-state index contributed by atoms with van der Waals surface area (Å²) in [5.74, 6) is -0.394. The van der Waals surface area contributed by atoms with E-state index in [-0.39, 0.29) is 18.8 Å². The summed E-state index contributed by atoms with van der Waals surface area (Å²) < 4.78 is 15.7. The average Bonchev–Trinajstić information content (AvgIpc) is 2.02. The highest BCUT2D eigenvalue weighted by atomic mass is 16.9. The molecule has 0 aromatic heterocycles. The van der Waals surface area contributed by atoms with E-state index in [2.05, 4.69) is 0 Å². The van der Waals surface area contributed by atoms with E-state index in [1.807, 2.05) is 20.8 Å². The topological polar surface area (TPSA) is 68.2 Å². The van der Waals surface area contributed by atoms with Gasteiger partial charge in [-0.2, -0.15) is 0 Å². The van der Waals surface area contributed by atoms with Crippen molar-refractivity contribution >= 4 is 0 Å². The first-order chi connectivity index (χ1) is 6.38. The number of ether oxygens (including phenoxy) is 3. The van der Waals surface area contributed by atoms with Gasteiger partial charge in [0.05, 0.1) is 24.7 Å². The van der Waals surface area contributed by atoms with Gasteiger partial charge >= 0.3 is 0 Å². The molecule has 0 spiro atoms. The van der Waals surface area contributed by atoms with E-state index in [0.717, 1.165) is 0 Å². The molecule has 0 amide bonds. The van der Waals surface area contributed by atoms with Crippen LogP contribution < -0.4 is 0 Å². The molecule has 0 bridgehead atoms. The summed E-state index contributed by atoms with van der Waals surface area (Å²) in [6, 6.07) is 0. The van der Waals surface area contributed by atoms with Gasteiger partial charge in [0.1, 0.15) is 0 Å². The van der Waals surface area contributed by atoms with E-state index >= 15 is 0 Å². The van der Waals surface area contributed by atoms with Crippen LogP contribution in [0.4, 0.5) is 0 Å². The largest absolute Gasteiger partial charge is 0.368 e. The third-order valence-corrected chi connectivity index (χ3v) is 1.76. The molecule has 0 saturated carbocycles. The SMILES string of the molecule is CC(C)(C)OC1OCC(C(O)O)CO1. The maximum atomic E-state index is 8.85. The highest BCUT2D eigenvalue weighted by Crippen LogP contribution is 2.19. The number of rotatable bonds is 2. The first-order valence-corrected chi connectivity index (χ1v) is 4.65. The number of hydrogen-bond donors (Lipinski definition) is 2. The molecule has 0 atom stereocenters. The molecule has 0 aromatic rings. The van der Waals surface area contributed by atoms with Gasteiger partial charge in [0.2, 0.25) is 0 Å². The third-order valence-electron chi connectivity index (χ3n) is 1.76. The molecule has 84 valence electrons. The van der Waals surface area contributed by atoms with Crippen LogP contribution in [-0.2, 0) is 14.2 Å². The Kier molecular flexibility index (Phi) is 3.86. The zero-order valence-corrected chi connectivity index (χ0v) is 8.77. The predicted molar refractivity (Wildman–Crippen MR) is 48.2 cm³/mol. The van der Waals surface area contributed by atoms with Crippen LogP contribution in [-0.4, -0.2) is 41.8 Å². The van der Waals surface area contributed by atoms with Crippen molar-refractivity contribution < 1.29 is 24.4 Å². The Balaban J connectivity index is 2.29. The van der Waals surface area contributed by atoms with Gasteiger partial charge in [-0.3, -0.25) is 0 Å². The summed E-state index contributed by atoms with van der Waals surface area (Å²) in [7, 11) is 0.